The minimum atomic E-state index is -3.64. The van der Waals surface area contributed by atoms with Gasteiger partial charge in [-0.15, -0.1) is 0 Å². The molecule has 1 saturated heterocycles. The van der Waals surface area contributed by atoms with Crippen molar-refractivity contribution >= 4 is 10.0 Å². The summed E-state index contributed by atoms with van der Waals surface area (Å²) in [4.78, 5) is 0.200. The second-order valence-corrected chi connectivity index (χ2v) is 7.27. The molecule has 2 N–H and O–H groups in total. The van der Waals surface area contributed by atoms with Crippen LogP contribution < -0.4 is 0 Å². The molecule has 1 unspecified atom stereocenters. The molecule has 0 aliphatic carbocycles. The smallest absolute Gasteiger partial charge is 0.243 e. The van der Waals surface area contributed by atoms with E-state index in [1.165, 1.54) is 0 Å². The molecule has 1 fully saturated rings. The van der Waals surface area contributed by atoms with Gasteiger partial charge in [0, 0.05) is 13.1 Å². The van der Waals surface area contributed by atoms with Gasteiger partial charge in [-0.05, 0) is 30.0 Å². The molecule has 5 nitrogen and oxygen atoms in total. The zero-order valence-corrected chi connectivity index (χ0v) is 12.5. The van der Waals surface area contributed by atoms with Crippen LogP contribution in [0, 0.1) is 0 Å². The van der Waals surface area contributed by atoms with Gasteiger partial charge in [0.1, 0.15) is 0 Å². The van der Waals surface area contributed by atoms with Crippen LogP contribution in [0.4, 0.5) is 0 Å². The summed E-state index contributed by atoms with van der Waals surface area (Å²) in [5, 5.41) is 18.9. The number of benzene rings is 1. The molecule has 1 aromatic rings. The van der Waals surface area contributed by atoms with Gasteiger partial charge in [0.15, 0.2) is 0 Å². The average molecular weight is 299 g/mol. The molecular weight excluding hydrogens is 278 g/mol. The van der Waals surface area contributed by atoms with Crippen LogP contribution >= 0.6 is 0 Å². The largest absolute Gasteiger partial charge is 0.389 e. The molecule has 1 aliphatic rings. The molecule has 1 aliphatic heterocycles. The number of hydrogen-bond donors (Lipinski definition) is 2. The summed E-state index contributed by atoms with van der Waals surface area (Å²) in [5.41, 5.74) is 1.10. The second-order valence-electron chi connectivity index (χ2n) is 5.34. The Morgan fingerprint density at radius 3 is 2.15 bits per heavy atom. The molecule has 1 aromatic carbocycles. The Bertz CT molecular complexity index is 545. The zero-order chi connectivity index (χ0) is 14.9. The van der Waals surface area contributed by atoms with Crippen molar-refractivity contribution in [3.63, 3.8) is 0 Å². The molecule has 0 bridgehead atoms. The predicted molar refractivity (Wildman–Crippen MR) is 75.9 cm³/mol. The van der Waals surface area contributed by atoms with E-state index >= 15 is 0 Å². The molecule has 0 spiro atoms. The molecule has 0 radical (unpaired) electrons. The highest BCUT2D eigenvalue weighted by Crippen LogP contribution is 2.24. The molecule has 1 heterocycles. The van der Waals surface area contributed by atoms with Crippen molar-refractivity contribution < 1.29 is 18.6 Å². The van der Waals surface area contributed by atoms with E-state index in [9.17, 15) is 18.6 Å². The van der Waals surface area contributed by atoms with Gasteiger partial charge in [0.05, 0.1) is 17.1 Å². The quantitative estimate of drug-likeness (QED) is 0.867. The van der Waals surface area contributed by atoms with Gasteiger partial charge >= 0.3 is 0 Å². The number of aliphatic hydroxyl groups is 2. The number of nitrogens with zero attached hydrogens (tertiary/aromatic N) is 1. The fourth-order valence-electron chi connectivity index (χ4n) is 2.28. The summed E-state index contributed by atoms with van der Waals surface area (Å²) in [6, 6.07) is 6.83. The first kappa shape index (κ1) is 15.4. The topological polar surface area (TPSA) is 77.8 Å². The van der Waals surface area contributed by atoms with Gasteiger partial charge in [-0.2, -0.15) is 4.31 Å². The molecule has 0 saturated carbocycles. The lowest BCUT2D eigenvalue weighted by Gasteiger charge is -2.16. The second kappa shape index (κ2) is 5.81. The summed E-state index contributed by atoms with van der Waals surface area (Å²) in [6.45, 7) is 4.06. The van der Waals surface area contributed by atoms with E-state index < -0.39 is 22.2 Å². The fourth-order valence-corrected chi connectivity index (χ4v) is 3.76. The van der Waals surface area contributed by atoms with E-state index in [0.717, 1.165) is 16.3 Å². The van der Waals surface area contributed by atoms with Crippen LogP contribution in [0.1, 0.15) is 31.7 Å². The lowest BCUT2D eigenvalue weighted by atomic mass is 9.99. The standard InChI is InChI=1S/C14H21NO4S/c1-3-10(2)11-4-6-12(7-5-11)20(18,19)15-8-13(16)14(17)9-15/h4-7,10,13-14,16-17H,3,8-9H2,1-2H3/t10?,13-,14+. The first-order valence-electron chi connectivity index (χ1n) is 6.82. The van der Waals surface area contributed by atoms with E-state index in [0.29, 0.717) is 5.92 Å². The molecule has 0 amide bonds. The van der Waals surface area contributed by atoms with Crippen molar-refractivity contribution in [1.82, 2.24) is 4.31 Å². The average Bonchev–Trinajstić information content (AvgIpc) is 2.78. The lowest BCUT2D eigenvalue weighted by Crippen LogP contribution is -2.30. The van der Waals surface area contributed by atoms with Crippen molar-refractivity contribution in [2.75, 3.05) is 13.1 Å². The van der Waals surface area contributed by atoms with Crippen LogP contribution in [0.2, 0.25) is 0 Å². The van der Waals surface area contributed by atoms with E-state index in [2.05, 4.69) is 13.8 Å². The molecule has 112 valence electrons. The van der Waals surface area contributed by atoms with Gasteiger partial charge in [-0.3, -0.25) is 0 Å². The van der Waals surface area contributed by atoms with E-state index in [4.69, 9.17) is 0 Å². The molecule has 3 atom stereocenters. The number of sulfonamides is 1. The maximum atomic E-state index is 12.4. The lowest BCUT2D eigenvalue weighted by molar-refractivity contribution is 0.0572. The third-order valence-electron chi connectivity index (χ3n) is 3.92. The van der Waals surface area contributed by atoms with Gasteiger partial charge in [0.25, 0.3) is 0 Å². The van der Waals surface area contributed by atoms with Gasteiger partial charge < -0.3 is 10.2 Å². The van der Waals surface area contributed by atoms with Crippen LogP contribution in [-0.2, 0) is 10.0 Å². The summed E-state index contributed by atoms with van der Waals surface area (Å²) in [5.74, 6) is 0.391. The maximum Gasteiger partial charge on any atom is 0.243 e. The van der Waals surface area contributed by atoms with Crippen LogP contribution in [0.5, 0.6) is 0 Å². The first-order chi connectivity index (χ1) is 9.36. The highest BCUT2D eigenvalue weighted by atomic mass is 32.2. The zero-order valence-electron chi connectivity index (χ0n) is 11.7. The van der Waals surface area contributed by atoms with Gasteiger partial charge in [-0.25, -0.2) is 8.42 Å². The van der Waals surface area contributed by atoms with Crippen molar-refractivity contribution in [2.45, 2.75) is 43.3 Å². The van der Waals surface area contributed by atoms with Crippen molar-refractivity contribution in [1.29, 1.82) is 0 Å². The predicted octanol–water partition coefficient (Wildman–Crippen LogP) is 0.926. The van der Waals surface area contributed by atoms with Crippen molar-refractivity contribution in [2.24, 2.45) is 0 Å². The number of β-amino-alcohol motifs (C(OH)–C–C–N with tert-alkyl or cyclic N) is 2. The third-order valence-corrected chi connectivity index (χ3v) is 5.77. The minimum Gasteiger partial charge on any atom is -0.389 e. The Kier molecular flexibility index (Phi) is 4.49. The van der Waals surface area contributed by atoms with E-state index in [-0.39, 0.29) is 18.0 Å². The fraction of sp³-hybridized carbons (Fsp3) is 0.571. The molecular formula is C14H21NO4S. The Labute approximate surface area is 119 Å². The van der Waals surface area contributed by atoms with Gasteiger partial charge in [0.2, 0.25) is 10.0 Å². The van der Waals surface area contributed by atoms with Crippen LogP contribution in [0.3, 0.4) is 0 Å². The van der Waals surface area contributed by atoms with Crippen molar-refractivity contribution in [3.05, 3.63) is 29.8 Å². The molecule has 2 rings (SSSR count). The Balaban J connectivity index is 2.22. The number of aliphatic hydroxyl groups excluding tert-OH is 2. The Morgan fingerprint density at radius 2 is 1.70 bits per heavy atom. The van der Waals surface area contributed by atoms with E-state index in [1.54, 1.807) is 12.1 Å². The number of hydrogen-bond acceptors (Lipinski definition) is 4. The van der Waals surface area contributed by atoms with Crippen LogP contribution in [0.25, 0.3) is 0 Å². The minimum absolute atomic E-state index is 0.0589. The molecule has 0 aromatic heterocycles. The third kappa shape index (κ3) is 2.88. The molecule has 6 heteroatoms. The summed E-state index contributed by atoms with van der Waals surface area (Å²) < 4.78 is 25.9. The van der Waals surface area contributed by atoms with Crippen LogP contribution in [-0.4, -0.2) is 48.2 Å². The highest BCUT2D eigenvalue weighted by Gasteiger charge is 2.37. The molecule has 20 heavy (non-hydrogen) atoms. The monoisotopic (exact) mass is 299 g/mol. The van der Waals surface area contributed by atoms with Gasteiger partial charge in [-0.1, -0.05) is 26.0 Å². The summed E-state index contributed by atoms with van der Waals surface area (Å²) >= 11 is 0. The maximum absolute atomic E-state index is 12.4. The number of rotatable bonds is 4. The summed E-state index contributed by atoms with van der Waals surface area (Å²) in [7, 11) is -3.64. The Hall–Kier alpha value is -0.950. The highest BCUT2D eigenvalue weighted by molar-refractivity contribution is 7.89. The SMILES string of the molecule is CCC(C)c1ccc(S(=O)(=O)N2C[C@@H](O)[C@@H](O)C2)cc1. The normalized spacial score (nSPS) is 25.8. The Morgan fingerprint density at radius 1 is 1.20 bits per heavy atom. The van der Waals surface area contributed by atoms with Crippen LogP contribution in [0.15, 0.2) is 29.2 Å². The first-order valence-corrected chi connectivity index (χ1v) is 8.26. The van der Waals surface area contributed by atoms with E-state index in [1.807, 2.05) is 12.1 Å². The summed E-state index contributed by atoms with van der Waals surface area (Å²) in [6.07, 6.45) is -1.02. The van der Waals surface area contributed by atoms with Crippen molar-refractivity contribution in [3.8, 4) is 0 Å².